The first kappa shape index (κ1) is 19.4. The molecule has 2 aromatic heterocycles. The standard InChI is InChI=1S/C21H22ClN5O2/c1-26-20(18(22)11-25-26)14-3-4-17-15(9-14)12-27(21(17)28)16(10-23)7-13-5-6-24-19(8-13)29-2/h3-6,8-9,11,16H,7,10,12,23H2,1-2H3/t16-/m0/s1. The number of ether oxygens (including phenoxy) is 1. The van der Waals surface area contributed by atoms with Crippen LogP contribution >= 0.6 is 11.6 Å². The molecule has 1 amide bonds. The van der Waals surface area contributed by atoms with E-state index in [4.69, 9.17) is 22.1 Å². The number of nitrogens with two attached hydrogens (primary N) is 1. The second kappa shape index (κ2) is 7.85. The van der Waals surface area contributed by atoms with Crippen molar-refractivity contribution in [2.75, 3.05) is 13.7 Å². The Labute approximate surface area is 174 Å². The van der Waals surface area contributed by atoms with Crippen LogP contribution in [0, 0.1) is 0 Å². The molecule has 7 nitrogen and oxygen atoms in total. The Hall–Kier alpha value is -2.90. The first-order valence-electron chi connectivity index (χ1n) is 9.32. The zero-order valence-corrected chi connectivity index (χ0v) is 17.1. The summed E-state index contributed by atoms with van der Waals surface area (Å²) >= 11 is 6.28. The van der Waals surface area contributed by atoms with Crippen molar-refractivity contribution in [2.45, 2.75) is 19.0 Å². The van der Waals surface area contributed by atoms with Crippen molar-refractivity contribution < 1.29 is 9.53 Å². The van der Waals surface area contributed by atoms with E-state index in [0.717, 1.165) is 22.4 Å². The Morgan fingerprint density at radius 3 is 2.83 bits per heavy atom. The average molecular weight is 412 g/mol. The smallest absolute Gasteiger partial charge is 0.254 e. The first-order chi connectivity index (χ1) is 14.0. The molecule has 29 heavy (non-hydrogen) atoms. The number of carbonyl (C=O) groups excluding carboxylic acids is 1. The highest BCUT2D eigenvalue weighted by atomic mass is 35.5. The van der Waals surface area contributed by atoms with Crippen LogP contribution in [-0.2, 0) is 20.0 Å². The summed E-state index contributed by atoms with van der Waals surface area (Å²) in [5, 5.41) is 4.78. The molecular formula is C21H22ClN5O2. The third-order valence-corrected chi connectivity index (χ3v) is 5.57. The summed E-state index contributed by atoms with van der Waals surface area (Å²) < 4.78 is 6.93. The lowest BCUT2D eigenvalue weighted by Gasteiger charge is -2.26. The fourth-order valence-corrected chi connectivity index (χ4v) is 4.08. The summed E-state index contributed by atoms with van der Waals surface area (Å²) in [5.74, 6) is 0.547. The van der Waals surface area contributed by atoms with Crippen molar-refractivity contribution >= 4 is 17.5 Å². The second-order valence-electron chi connectivity index (χ2n) is 7.07. The molecule has 3 heterocycles. The summed E-state index contributed by atoms with van der Waals surface area (Å²) in [6, 6.07) is 9.46. The number of nitrogens with zero attached hydrogens (tertiary/aromatic N) is 4. The molecule has 150 valence electrons. The molecule has 1 aliphatic heterocycles. The molecule has 0 bridgehead atoms. The number of carbonyl (C=O) groups is 1. The first-order valence-corrected chi connectivity index (χ1v) is 9.70. The summed E-state index contributed by atoms with van der Waals surface area (Å²) in [6.07, 6.45) is 3.96. The van der Waals surface area contributed by atoms with Crippen LogP contribution in [0.25, 0.3) is 11.3 Å². The molecule has 0 saturated carbocycles. The number of benzene rings is 1. The molecule has 2 N–H and O–H groups in total. The van der Waals surface area contributed by atoms with Gasteiger partial charge in [-0.05, 0) is 35.7 Å². The number of aromatic nitrogens is 3. The lowest BCUT2D eigenvalue weighted by molar-refractivity contribution is 0.0708. The number of fused-ring (bicyclic) bond motifs is 1. The lowest BCUT2D eigenvalue weighted by Crippen LogP contribution is -2.42. The van der Waals surface area contributed by atoms with Crippen molar-refractivity contribution in [3.8, 4) is 17.1 Å². The van der Waals surface area contributed by atoms with Crippen molar-refractivity contribution in [3.63, 3.8) is 0 Å². The number of halogens is 1. The van der Waals surface area contributed by atoms with Crippen molar-refractivity contribution in [2.24, 2.45) is 12.8 Å². The van der Waals surface area contributed by atoms with Gasteiger partial charge >= 0.3 is 0 Å². The van der Waals surface area contributed by atoms with Crippen LogP contribution in [0.5, 0.6) is 5.88 Å². The van der Waals surface area contributed by atoms with Crippen LogP contribution in [0.1, 0.15) is 21.5 Å². The van der Waals surface area contributed by atoms with Crippen LogP contribution in [0.15, 0.2) is 42.7 Å². The number of aryl methyl sites for hydroxylation is 1. The molecule has 0 fully saturated rings. The van der Waals surface area contributed by atoms with Crippen molar-refractivity contribution in [1.29, 1.82) is 0 Å². The highest BCUT2D eigenvalue weighted by molar-refractivity contribution is 6.33. The van der Waals surface area contributed by atoms with E-state index in [1.54, 1.807) is 24.2 Å². The fourth-order valence-electron chi connectivity index (χ4n) is 3.80. The number of hydrogen-bond acceptors (Lipinski definition) is 5. The minimum absolute atomic E-state index is 0.000811. The maximum absolute atomic E-state index is 13.0. The van der Waals surface area contributed by atoms with Gasteiger partial charge < -0.3 is 15.4 Å². The predicted molar refractivity (Wildman–Crippen MR) is 111 cm³/mol. The Kier molecular flexibility index (Phi) is 5.25. The Bertz CT molecular complexity index is 1050. The van der Waals surface area contributed by atoms with Gasteiger partial charge in [0.2, 0.25) is 5.88 Å². The highest BCUT2D eigenvalue weighted by Crippen LogP contribution is 2.33. The number of pyridine rings is 1. The van der Waals surface area contributed by atoms with Crippen LogP contribution in [-0.4, -0.2) is 45.3 Å². The highest BCUT2D eigenvalue weighted by Gasteiger charge is 2.32. The van der Waals surface area contributed by atoms with Gasteiger partial charge in [0.25, 0.3) is 5.91 Å². The van der Waals surface area contributed by atoms with Crippen LogP contribution < -0.4 is 10.5 Å². The second-order valence-corrected chi connectivity index (χ2v) is 7.48. The predicted octanol–water partition coefficient (Wildman–Crippen LogP) is 2.67. The Balaban J connectivity index is 1.59. The van der Waals surface area contributed by atoms with E-state index in [9.17, 15) is 4.79 Å². The van der Waals surface area contributed by atoms with Gasteiger partial charge in [-0.1, -0.05) is 17.7 Å². The number of amides is 1. The van der Waals surface area contributed by atoms with Gasteiger partial charge in [0, 0.05) is 49.6 Å². The SMILES string of the molecule is COc1cc(C[C@@H](CN)N2Cc3cc(-c4c(Cl)cnn4C)ccc3C2=O)ccn1. The molecule has 0 spiro atoms. The molecule has 1 atom stereocenters. The maximum atomic E-state index is 13.0. The van der Waals surface area contributed by atoms with E-state index in [2.05, 4.69) is 10.1 Å². The van der Waals surface area contributed by atoms with Crippen LogP contribution in [0.2, 0.25) is 5.02 Å². The molecule has 0 aliphatic carbocycles. The van der Waals surface area contributed by atoms with E-state index in [0.29, 0.717) is 36.0 Å². The molecular weight excluding hydrogens is 390 g/mol. The van der Waals surface area contributed by atoms with Crippen LogP contribution in [0.4, 0.5) is 0 Å². The quantitative estimate of drug-likeness (QED) is 0.673. The summed E-state index contributed by atoms with van der Waals surface area (Å²) in [5.41, 5.74) is 10.5. The monoisotopic (exact) mass is 411 g/mol. The van der Waals surface area contributed by atoms with Gasteiger partial charge in [0.15, 0.2) is 0 Å². The average Bonchev–Trinajstić information content (AvgIpc) is 3.24. The van der Waals surface area contributed by atoms with Crippen molar-refractivity contribution in [3.05, 3.63) is 64.4 Å². The summed E-state index contributed by atoms with van der Waals surface area (Å²) in [7, 11) is 3.43. The number of methoxy groups -OCH3 is 1. The number of rotatable bonds is 6. The maximum Gasteiger partial charge on any atom is 0.254 e. The van der Waals surface area contributed by atoms with Crippen LogP contribution in [0.3, 0.4) is 0 Å². The Morgan fingerprint density at radius 1 is 1.31 bits per heavy atom. The molecule has 1 aliphatic rings. The lowest BCUT2D eigenvalue weighted by atomic mass is 10.0. The van der Waals surface area contributed by atoms with E-state index in [1.807, 2.05) is 42.3 Å². The van der Waals surface area contributed by atoms with Gasteiger partial charge in [-0.25, -0.2) is 4.98 Å². The zero-order valence-electron chi connectivity index (χ0n) is 16.3. The molecule has 1 aromatic carbocycles. The van der Waals surface area contributed by atoms with Gasteiger partial charge in [0.1, 0.15) is 0 Å². The van der Waals surface area contributed by atoms with Gasteiger partial charge in [-0.2, -0.15) is 5.10 Å². The van der Waals surface area contributed by atoms with Gasteiger partial charge in [-0.15, -0.1) is 0 Å². The molecule has 0 radical (unpaired) electrons. The van der Waals surface area contributed by atoms with Crippen molar-refractivity contribution in [1.82, 2.24) is 19.7 Å². The molecule has 0 saturated heterocycles. The number of hydrogen-bond donors (Lipinski definition) is 1. The van der Waals surface area contributed by atoms with E-state index < -0.39 is 0 Å². The topological polar surface area (TPSA) is 86.3 Å². The van der Waals surface area contributed by atoms with E-state index in [1.165, 1.54) is 0 Å². The third-order valence-electron chi connectivity index (χ3n) is 5.30. The zero-order chi connectivity index (χ0) is 20.5. The largest absolute Gasteiger partial charge is 0.481 e. The fraction of sp³-hybridized carbons (Fsp3) is 0.286. The molecule has 8 heteroatoms. The van der Waals surface area contributed by atoms with Gasteiger partial charge in [0.05, 0.1) is 24.0 Å². The molecule has 4 rings (SSSR count). The van der Waals surface area contributed by atoms with E-state index in [-0.39, 0.29) is 11.9 Å². The van der Waals surface area contributed by atoms with Gasteiger partial charge in [-0.3, -0.25) is 9.48 Å². The minimum Gasteiger partial charge on any atom is -0.481 e. The summed E-state index contributed by atoms with van der Waals surface area (Å²) in [6.45, 7) is 0.881. The molecule has 3 aromatic rings. The normalized spacial score (nSPS) is 14.2. The summed E-state index contributed by atoms with van der Waals surface area (Å²) in [4.78, 5) is 19.0. The molecule has 0 unspecified atom stereocenters. The third kappa shape index (κ3) is 3.59. The Morgan fingerprint density at radius 2 is 2.14 bits per heavy atom. The minimum atomic E-state index is -0.120. The van der Waals surface area contributed by atoms with E-state index >= 15 is 0 Å².